The lowest BCUT2D eigenvalue weighted by atomic mass is 9.93. The third-order valence-corrected chi connectivity index (χ3v) is 6.84. The van der Waals surface area contributed by atoms with E-state index >= 15 is 0 Å². The number of ether oxygens (including phenoxy) is 3. The van der Waals surface area contributed by atoms with E-state index in [1.54, 1.807) is 7.11 Å². The Balaban J connectivity index is 2.05. The molecule has 1 aliphatic heterocycles. The first kappa shape index (κ1) is 25.6. The number of esters is 1. The van der Waals surface area contributed by atoms with Gasteiger partial charge in [-0.15, -0.1) is 0 Å². The highest BCUT2D eigenvalue weighted by Crippen LogP contribution is 2.42. The lowest BCUT2D eigenvalue weighted by Crippen LogP contribution is -2.07. The molecule has 2 rings (SSSR count). The van der Waals surface area contributed by atoms with Crippen LogP contribution in [0.1, 0.15) is 68.1 Å². The predicted molar refractivity (Wildman–Crippen MR) is 121 cm³/mol. The van der Waals surface area contributed by atoms with Gasteiger partial charge in [-0.25, -0.2) is 4.79 Å². The van der Waals surface area contributed by atoms with Gasteiger partial charge in [-0.2, -0.15) is 0 Å². The fraction of sp³-hybridized carbons (Fsp3) is 0.609. The Hall–Kier alpha value is -1.66. The summed E-state index contributed by atoms with van der Waals surface area (Å²) in [6.07, 6.45) is 1.76. The summed E-state index contributed by atoms with van der Waals surface area (Å²) in [5, 5.41) is 10.7. The first-order valence-corrected chi connectivity index (χ1v) is 12.0. The van der Waals surface area contributed by atoms with Crippen molar-refractivity contribution < 1.29 is 33.2 Å². The summed E-state index contributed by atoms with van der Waals surface area (Å²) in [7, 11) is 0.522. The number of rotatable bonds is 12. The minimum atomic E-state index is -1.05. The summed E-state index contributed by atoms with van der Waals surface area (Å²) < 4.78 is 27.9. The van der Waals surface area contributed by atoms with Crippen LogP contribution in [-0.4, -0.2) is 43.9 Å². The number of phenols is 1. The molecule has 8 heteroatoms. The average Bonchev–Trinajstić information content (AvgIpc) is 3.10. The summed E-state index contributed by atoms with van der Waals surface area (Å²) in [4.78, 5) is 12.1. The van der Waals surface area contributed by atoms with Gasteiger partial charge < -0.3 is 28.4 Å². The molecule has 0 saturated carbocycles. The molecule has 1 aromatic carbocycles. The van der Waals surface area contributed by atoms with E-state index in [0.717, 1.165) is 16.7 Å². The number of hydrogen-bond donors (Lipinski definition) is 1. The van der Waals surface area contributed by atoms with Crippen molar-refractivity contribution in [2.75, 3.05) is 26.7 Å². The fourth-order valence-corrected chi connectivity index (χ4v) is 4.67. The van der Waals surface area contributed by atoms with Crippen LogP contribution in [-0.2, 0) is 31.5 Å². The third-order valence-electron chi connectivity index (χ3n) is 5.24. The minimum Gasteiger partial charge on any atom is -0.507 e. The van der Waals surface area contributed by atoms with Crippen molar-refractivity contribution in [3.63, 3.8) is 0 Å². The highest BCUT2D eigenvalue weighted by atomic mass is 31.2. The van der Waals surface area contributed by atoms with Crippen LogP contribution < -0.4 is 4.74 Å². The van der Waals surface area contributed by atoms with Gasteiger partial charge in [-0.05, 0) is 65.5 Å². The molecule has 1 unspecified atom stereocenters. The van der Waals surface area contributed by atoms with Gasteiger partial charge in [0.15, 0.2) is 8.38 Å². The maximum Gasteiger partial charge on any atom is 0.342 e. The molecule has 0 aliphatic carbocycles. The summed E-state index contributed by atoms with van der Waals surface area (Å²) >= 11 is 0. The molecule has 0 fully saturated rings. The summed E-state index contributed by atoms with van der Waals surface area (Å²) in [6, 6.07) is 0. The smallest absolute Gasteiger partial charge is 0.342 e. The number of fused-ring (bicyclic) bond motifs is 1. The van der Waals surface area contributed by atoms with Crippen LogP contribution in [0, 0.1) is 6.92 Å². The molecular formula is C23H35O7P. The SMILES string of the molecule is CCOP(COC/C(C)=C(\C)CCc1c(O)c2c(c(C)c1OC)COC2=O)OC(C)C. The second-order valence-corrected chi connectivity index (χ2v) is 9.25. The Morgan fingerprint density at radius 1 is 1.26 bits per heavy atom. The topological polar surface area (TPSA) is 83.5 Å². The largest absolute Gasteiger partial charge is 0.507 e. The summed E-state index contributed by atoms with van der Waals surface area (Å²) in [6.45, 7) is 13.1. The number of carbonyl (C=O) groups excluding carboxylic acids is 1. The molecular weight excluding hydrogens is 419 g/mol. The van der Waals surface area contributed by atoms with E-state index in [1.165, 1.54) is 0 Å². The van der Waals surface area contributed by atoms with Gasteiger partial charge in [0.05, 0.1) is 26.4 Å². The first-order valence-electron chi connectivity index (χ1n) is 10.6. The molecule has 1 N–H and O–H groups in total. The Kier molecular flexibility index (Phi) is 9.76. The maximum atomic E-state index is 12.1. The zero-order valence-electron chi connectivity index (χ0n) is 19.7. The molecule has 174 valence electrons. The molecule has 7 nitrogen and oxygen atoms in total. The van der Waals surface area contributed by atoms with E-state index in [1.807, 2.05) is 41.5 Å². The van der Waals surface area contributed by atoms with Crippen molar-refractivity contribution in [3.05, 3.63) is 33.4 Å². The zero-order valence-corrected chi connectivity index (χ0v) is 20.6. The van der Waals surface area contributed by atoms with Crippen LogP contribution >= 0.6 is 8.38 Å². The van der Waals surface area contributed by atoms with Crippen LogP contribution in [0.4, 0.5) is 0 Å². The number of cyclic esters (lactones) is 1. The van der Waals surface area contributed by atoms with Gasteiger partial charge in [0.2, 0.25) is 0 Å². The first-order chi connectivity index (χ1) is 14.7. The van der Waals surface area contributed by atoms with Crippen molar-refractivity contribution in [1.82, 2.24) is 0 Å². The lowest BCUT2D eigenvalue weighted by molar-refractivity contribution is 0.0533. The van der Waals surface area contributed by atoms with Crippen molar-refractivity contribution in [3.8, 4) is 11.5 Å². The fourth-order valence-electron chi connectivity index (χ4n) is 3.47. The van der Waals surface area contributed by atoms with E-state index in [0.29, 0.717) is 49.3 Å². The van der Waals surface area contributed by atoms with E-state index in [4.69, 9.17) is 23.3 Å². The van der Waals surface area contributed by atoms with Crippen molar-refractivity contribution in [2.45, 2.75) is 67.1 Å². The van der Waals surface area contributed by atoms with E-state index in [-0.39, 0.29) is 24.0 Å². The molecule has 0 amide bonds. The van der Waals surface area contributed by atoms with Gasteiger partial charge in [-0.3, -0.25) is 0 Å². The highest BCUT2D eigenvalue weighted by molar-refractivity contribution is 7.47. The molecule has 1 aliphatic rings. The monoisotopic (exact) mass is 454 g/mol. The maximum absolute atomic E-state index is 12.1. The number of aromatic hydroxyl groups is 1. The number of carbonyl (C=O) groups is 1. The van der Waals surface area contributed by atoms with E-state index in [9.17, 15) is 9.90 Å². The zero-order chi connectivity index (χ0) is 23.1. The Bertz CT molecular complexity index is 817. The Morgan fingerprint density at radius 3 is 2.58 bits per heavy atom. The molecule has 31 heavy (non-hydrogen) atoms. The van der Waals surface area contributed by atoms with E-state index in [2.05, 4.69) is 0 Å². The average molecular weight is 455 g/mol. The van der Waals surface area contributed by atoms with E-state index < -0.39 is 14.3 Å². The second kappa shape index (κ2) is 11.8. The predicted octanol–water partition coefficient (Wildman–Crippen LogP) is 5.40. The quantitative estimate of drug-likeness (QED) is 0.257. The van der Waals surface area contributed by atoms with Crippen molar-refractivity contribution >= 4 is 14.3 Å². The molecule has 1 aromatic rings. The van der Waals surface area contributed by atoms with Gasteiger partial charge in [0, 0.05) is 11.1 Å². The number of allylic oxidation sites excluding steroid dienone is 1. The van der Waals surface area contributed by atoms with Crippen LogP contribution in [0.2, 0.25) is 0 Å². The van der Waals surface area contributed by atoms with Crippen molar-refractivity contribution in [1.29, 1.82) is 0 Å². The normalized spacial score (nSPS) is 15.0. The highest BCUT2D eigenvalue weighted by Gasteiger charge is 2.32. The molecule has 1 atom stereocenters. The molecule has 1 heterocycles. The van der Waals surface area contributed by atoms with Crippen LogP contribution in [0.3, 0.4) is 0 Å². The van der Waals surface area contributed by atoms with Gasteiger partial charge >= 0.3 is 5.97 Å². The standard InChI is InChI=1S/C23H35O7P/c1-8-29-31(30-14(2)3)13-27-11-16(5)15(4)9-10-18-21(24)20-19(12-28-23(20)25)17(6)22(18)26-7/h14,24H,8-13H2,1-7H3/b16-15+. The van der Waals surface area contributed by atoms with Crippen LogP contribution in [0.5, 0.6) is 11.5 Å². The molecule has 0 radical (unpaired) electrons. The summed E-state index contributed by atoms with van der Waals surface area (Å²) in [5.74, 6) is 0.102. The number of benzene rings is 1. The molecule has 0 spiro atoms. The van der Waals surface area contributed by atoms with Gasteiger partial charge in [0.25, 0.3) is 0 Å². The van der Waals surface area contributed by atoms with Gasteiger partial charge in [-0.1, -0.05) is 5.57 Å². The van der Waals surface area contributed by atoms with Crippen molar-refractivity contribution in [2.24, 2.45) is 0 Å². The molecule has 0 aromatic heterocycles. The number of phenolic OH excluding ortho intramolecular Hbond substituents is 1. The number of hydrogen-bond acceptors (Lipinski definition) is 7. The van der Waals surface area contributed by atoms with Crippen LogP contribution in [0.25, 0.3) is 0 Å². The summed E-state index contributed by atoms with van der Waals surface area (Å²) in [5.41, 5.74) is 4.72. The lowest BCUT2D eigenvalue weighted by Gasteiger charge is -2.19. The third kappa shape index (κ3) is 6.42. The Labute approximate surface area is 186 Å². The van der Waals surface area contributed by atoms with Crippen LogP contribution in [0.15, 0.2) is 11.1 Å². The number of methoxy groups -OCH3 is 1. The second-order valence-electron chi connectivity index (χ2n) is 7.86. The minimum absolute atomic E-state index is 0.0326. The van der Waals surface area contributed by atoms with Gasteiger partial charge in [0.1, 0.15) is 30.0 Å². The Morgan fingerprint density at radius 2 is 1.97 bits per heavy atom. The molecule has 0 saturated heterocycles. The molecule has 0 bridgehead atoms.